The molecule has 0 atom stereocenters. The van der Waals surface area contributed by atoms with Gasteiger partial charge in [-0.3, -0.25) is 4.90 Å². The van der Waals surface area contributed by atoms with Crippen molar-refractivity contribution < 1.29 is 4.42 Å². The molecule has 3 nitrogen and oxygen atoms in total. The highest BCUT2D eigenvalue weighted by atomic mass is 32.2. The van der Waals surface area contributed by atoms with Gasteiger partial charge in [0.2, 0.25) is 0 Å². The third-order valence-corrected chi connectivity index (χ3v) is 4.37. The fourth-order valence-electron chi connectivity index (χ4n) is 2.31. The Kier molecular flexibility index (Phi) is 4.17. The first-order valence-corrected chi connectivity index (χ1v) is 7.15. The molecule has 17 heavy (non-hydrogen) atoms. The van der Waals surface area contributed by atoms with Gasteiger partial charge in [-0.1, -0.05) is 0 Å². The minimum atomic E-state index is 0.369. The maximum absolute atomic E-state index is 5.60. The van der Waals surface area contributed by atoms with Crippen molar-refractivity contribution in [2.75, 3.05) is 25.9 Å². The van der Waals surface area contributed by atoms with Crippen molar-refractivity contribution in [1.82, 2.24) is 10.2 Å². The predicted octanol–water partition coefficient (Wildman–Crippen LogP) is 2.33. The normalized spacial score (nSPS) is 20.6. The average Bonchev–Trinajstić information content (AvgIpc) is 2.65. The molecule has 0 bridgehead atoms. The summed E-state index contributed by atoms with van der Waals surface area (Å²) >= 11 is 2.07. The summed E-state index contributed by atoms with van der Waals surface area (Å²) in [5.74, 6) is 2.33. The molecular weight excluding hydrogens is 232 g/mol. The zero-order valence-electron chi connectivity index (χ0n) is 11.0. The Balaban J connectivity index is 1.98. The van der Waals surface area contributed by atoms with Crippen LogP contribution in [0.2, 0.25) is 0 Å². The number of furan rings is 1. The predicted molar refractivity (Wildman–Crippen MR) is 73.3 cm³/mol. The highest BCUT2D eigenvalue weighted by Crippen LogP contribution is 2.30. The lowest BCUT2D eigenvalue weighted by Gasteiger charge is -2.37. The maximum atomic E-state index is 5.60. The molecule has 0 amide bonds. The van der Waals surface area contributed by atoms with Gasteiger partial charge < -0.3 is 9.73 Å². The molecule has 0 unspecified atom stereocenters. The lowest BCUT2D eigenvalue weighted by atomic mass is 10.1. The number of nitrogens with zero attached hydrogens (tertiary/aromatic N) is 1. The fourth-order valence-corrected chi connectivity index (χ4v) is 3.48. The zero-order valence-corrected chi connectivity index (χ0v) is 11.8. The highest BCUT2D eigenvalue weighted by Gasteiger charge is 2.27. The van der Waals surface area contributed by atoms with E-state index in [0.717, 1.165) is 31.9 Å². The first-order chi connectivity index (χ1) is 8.11. The Morgan fingerprint density at radius 3 is 3.06 bits per heavy atom. The first-order valence-electron chi connectivity index (χ1n) is 6.17. The average molecular weight is 254 g/mol. The summed E-state index contributed by atoms with van der Waals surface area (Å²) in [6, 6.07) is 2.07. The van der Waals surface area contributed by atoms with Crippen molar-refractivity contribution in [3.63, 3.8) is 0 Å². The SMILES string of the molecule is CNCc1ccoc1CN1CCSC(C)(C)C1. The molecular formula is C13H22N2OS. The topological polar surface area (TPSA) is 28.4 Å². The van der Waals surface area contributed by atoms with Gasteiger partial charge in [0.05, 0.1) is 12.8 Å². The van der Waals surface area contributed by atoms with E-state index in [1.807, 2.05) is 7.05 Å². The standard InChI is InChI=1S/C13H22N2OS/c1-13(2)10-15(5-7-17-13)9-12-11(8-14-3)4-6-16-12/h4,6,14H,5,7-10H2,1-3H3. The van der Waals surface area contributed by atoms with Crippen LogP contribution in [0.15, 0.2) is 16.7 Å². The van der Waals surface area contributed by atoms with Gasteiger partial charge in [-0.25, -0.2) is 0 Å². The lowest BCUT2D eigenvalue weighted by Crippen LogP contribution is -2.42. The molecule has 1 saturated heterocycles. The van der Waals surface area contributed by atoms with E-state index in [-0.39, 0.29) is 0 Å². The summed E-state index contributed by atoms with van der Waals surface area (Å²) < 4.78 is 5.97. The summed E-state index contributed by atoms with van der Waals surface area (Å²) in [6.07, 6.45) is 1.80. The summed E-state index contributed by atoms with van der Waals surface area (Å²) in [6.45, 7) is 8.76. The van der Waals surface area contributed by atoms with Gasteiger partial charge in [0.15, 0.2) is 0 Å². The van der Waals surface area contributed by atoms with E-state index >= 15 is 0 Å². The Morgan fingerprint density at radius 2 is 2.35 bits per heavy atom. The van der Waals surface area contributed by atoms with E-state index < -0.39 is 0 Å². The fraction of sp³-hybridized carbons (Fsp3) is 0.692. The van der Waals surface area contributed by atoms with Gasteiger partial charge in [0.25, 0.3) is 0 Å². The number of rotatable bonds is 4. The lowest BCUT2D eigenvalue weighted by molar-refractivity contribution is 0.232. The molecule has 0 radical (unpaired) electrons. The molecule has 1 aliphatic rings. The van der Waals surface area contributed by atoms with Crippen LogP contribution in [0.25, 0.3) is 0 Å². The molecule has 4 heteroatoms. The van der Waals surface area contributed by atoms with Crippen LogP contribution in [0.5, 0.6) is 0 Å². The molecule has 1 aliphatic heterocycles. The van der Waals surface area contributed by atoms with E-state index in [1.54, 1.807) is 6.26 Å². The molecule has 1 N–H and O–H groups in total. The van der Waals surface area contributed by atoms with Gasteiger partial charge in [-0.15, -0.1) is 0 Å². The monoisotopic (exact) mass is 254 g/mol. The minimum Gasteiger partial charge on any atom is -0.468 e. The Labute approximate surface area is 108 Å². The van der Waals surface area contributed by atoms with Gasteiger partial charge in [-0.05, 0) is 27.0 Å². The summed E-state index contributed by atoms with van der Waals surface area (Å²) in [5, 5.41) is 3.18. The van der Waals surface area contributed by atoms with E-state index in [0.29, 0.717) is 4.75 Å². The molecule has 0 saturated carbocycles. The van der Waals surface area contributed by atoms with E-state index in [9.17, 15) is 0 Å². The first kappa shape index (κ1) is 13.0. The highest BCUT2D eigenvalue weighted by molar-refractivity contribution is 8.00. The second kappa shape index (κ2) is 5.46. The van der Waals surface area contributed by atoms with E-state index in [1.165, 1.54) is 11.3 Å². The smallest absolute Gasteiger partial charge is 0.122 e. The van der Waals surface area contributed by atoms with Gasteiger partial charge in [-0.2, -0.15) is 11.8 Å². The molecule has 2 heterocycles. The van der Waals surface area contributed by atoms with Crippen molar-refractivity contribution in [2.24, 2.45) is 0 Å². The molecule has 1 fully saturated rings. The number of nitrogens with one attached hydrogen (secondary N) is 1. The van der Waals surface area contributed by atoms with E-state index in [4.69, 9.17) is 4.42 Å². The molecule has 96 valence electrons. The van der Waals surface area contributed by atoms with Gasteiger partial charge in [0, 0.05) is 35.7 Å². The van der Waals surface area contributed by atoms with Crippen LogP contribution < -0.4 is 5.32 Å². The number of hydrogen-bond acceptors (Lipinski definition) is 4. The Bertz CT molecular complexity index is 362. The third kappa shape index (κ3) is 3.50. The van der Waals surface area contributed by atoms with Crippen LogP contribution in [-0.4, -0.2) is 35.5 Å². The van der Waals surface area contributed by atoms with Crippen LogP contribution in [0.3, 0.4) is 0 Å². The van der Waals surface area contributed by atoms with Crippen molar-refractivity contribution in [2.45, 2.75) is 31.7 Å². The quantitative estimate of drug-likeness (QED) is 0.892. The van der Waals surface area contributed by atoms with Gasteiger partial charge >= 0.3 is 0 Å². The van der Waals surface area contributed by atoms with Gasteiger partial charge in [0.1, 0.15) is 5.76 Å². The molecule has 1 aromatic heterocycles. The summed E-state index contributed by atoms with van der Waals surface area (Å²) in [7, 11) is 1.97. The maximum Gasteiger partial charge on any atom is 0.122 e. The van der Waals surface area contributed by atoms with Crippen LogP contribution >= 0.6 is 11.8 Å². The van der Waals surface area contributed by atoms with Crippen LogP contribution in [0.4, 0.5) is 0 Å². The molecule has 0 aliphatic carbocycles. The second-order valence-corrected chi connectivity index (χ2v) is 7.02. The van der Waals surface area contributed by atoms with Crippen molar-refractivity contribution in [3.8, 4) is 0 Å². The van der Waals surface area contributed by atoms with Crippen LogP contribution in [0.1, 0.15) is 25.2 Å². The Hall–Kier alpha value is -0.450. The summed E-state index contributed by atoms with van der Waals surface area (Å²) in [5.41, 5.74) is 1.28. The van der Waals surface area contributed by atoms with Crippen molar-refractivity contribution in [3.05, 3.63) is 23.7 Å². The summed E-state index contributed by atoms with van der Waals surface area (Å²) in [4.78, 5) is 2.49. The second-order valence-electron chi connectivity index (χ2n) is 5.22. The number of thioether (sulfide) groups is 1. The third-order valence-electron chi connectivity index (χ3n) is 3.08. The molecule has 1 aromatic rings. The minimum absolute atomic E-state index is 0.369. The molecule has 0 spiro atoms. The largest absolute Gasteiger partial charge is 0.468 e. The zero-order chi connectivity index (χ0) is 12.3. The van der Waals surface area contributed by atoms with Crippen LogP contribution in [-0.2, 0) is 13.1 Å². The van der Waals surface area contributed by atoms with Crippen molar-refractivity contribution in [1.29, 1.82) is 0 Å². The number of hydrogen-bond donors (Lipinski definition) is 1. The molecule has 2 rings (SSSR count). The van der Waals surface area contributed by atoms with E-state index in [2.05, 4.69) is 41.9 Å². The Morgan fingerprint density at radius 1 is 1.53 bits per heavy atom. The molecule has 0 aromatic carbocycles. The van der Waals surface area contributed by atoms with Crippen LogP contribution in [0, 0.1) is 0 Å². The van der Waals surface area contributed by atoms with Crippen molar-refractivity contribution >= 4 is 11.8 Å².